The molecule has 1 aliphatic heterocycles. The molecular formula is C26H24F2N4O4. The van der Waals surface area contributed by atoms with Crippen molar-refractivity contribution in [2.24, 2.45) is 5.41 Å². The molecule has 5 rings (SSSR count). The van der Waals surface area contributed by atoms with E-state index in [2.05, 4.69) is 9.97 Å². The van der Waals surface area contributed by atoms with Crippen LogP contribution in [0.5, 0.6) is 17.4 Å². The van der Waals surface area contributed by atoms with Crippen LogP contribution in [0.25, 0.3) is 10.9 Å². The van der Waals surface area contributed by atoms with Gasteiger partial charge < -0.3 is 19.1 Å². The molecule has 0 atom stereocenters. The molecule has 1 amide bonds. The minimum Gasteiger partial charge on any atom is -0.474 e. The molecule has 1 saturated carbocycles. The normalized spacial score (nSPS) is 16.7. The number of carbonyl (C=O) groups is 1. The molecule has 10 heteroatoms. The number of aromatic nitrogens is 2. The van der Waals surface area contributed by atoms with Gasteiger partial charge in [0, 0.05) is 18.5 Å². The van der Waals surface area contributed by atoms with E-state index in [-0.39, 0.29) is 23.4 Å². The number of hydrogen-bond acceptors (Lipinski definition) is 7. The summed E-state index contributed by atoms with van der Waals surface area (Å²) in [4.78, 5) is 22.4. The summed E-state index contributed by atoms with van der Waals surface area (Å²) >= 11 is 0. The van der Waals surface area contributed by atoms with E-state index in [1.165, 1.54) is 6.33 Å². The van der Waals surface area contributed by atoms with Crippen molar-refractivity contribution in [3.8, 4) is 23.4 Å². The number of benzene rings is 2. The zero-order chi connectivity index (χ0) is 25.7. The fraction of sp³-hybridized carbons (Fsp3) is 0.385. The van der Waals surface area contributed by atoms with Crippen LogP contribution < -0.4 is 9.47 Å². The molecule has 186 valence electrons. The van der Waals surface area contributed by atoms with E-state index in [1.807, 2.05) is 20.8 Å². The number of likely N-dealkylation sites (tertiary alicyclic amines) is 1. The Labute approximate surface area is 206 Å². The third-order valence-electron chi connectivity index (χ3n) is 6.26. The summed E-state index contributed by atoms with van der Waals surface area (Å²) in [5.41, 5.74) is -0.433. The van der Waals surface area contributed by atoms with Crippen molar-refractivity contribution in [1.82, 2.24) is 14.9 Å². The third kappa shape index (κ3) is 4.49. The van der Waals surface area contributed by atoms with E-state index in [0.717, 1.165) is 25.0 Å². The number of amides is 1. The Morgan fingerprint density at radius 2 is 1.86 bits per heavy atom. The minimum absolute atomic E-state index is 0.0290. The van der Waals surface area contributed by atoms with Gasteiger partial charge in [0.15, 0.2) is 11.6 Å². The van der Waals surface area contributed by atoms with Crippen molar-refractivity contribution < 1.29 is 27.8 Å². The van der Waals surface area contributed by atoms with E-state index < -0.39 is 28.5 Å². The van der Waals surface area contributed by atoms with E-state index in [4.69, 9.17) is 14.2 Å². The Morgan fingerprint density at radius 3 is 2.56 bits per heavy atom. The van der Waals surface area contributed by atoms with Gasteiger partial charge in [0.2, 0.25) is 5.88 Å². The van der Waals surface area contributed by atoms with Crippen LogP contribution in [0.2, 0.25) is 0 Å². The van der Waals surface area contributed by atoms with Crippen molar-refractivity contribution >= 4 is 17.0 Å². The summed E-state index contributed by atoms with van der Waals surface area (Å²) < 4.78 is 45.3. The smallest absolute Gasteiger partial charge is 0.410 e. The average molecular weight is 494 g/mol. The van der Waals surface area contributed by atoms with Gasteiger partial charge >= 0.3 is 6.09 Å². The first-order valence-corrected chi connectivity index (χ1v) is 11.5. The maximum Gasteiger partial charge on any atom is 0.410 e. The number of ether oxygens (including phenoxy) is 3. The summed E-state index contributed by atoms with van der Waals surface area (Å²) in [7, 11) is 0. The molecule has 2 heterocycles. The molecule has 0 unspecified atom stereocenters. The number of halogens is 2. The molecule has 0 radical (unpaired) electrons. The number of nitriles is 1. The van der Waals surface area contributed by atoms with Crippen LogP contribution >= 0.6 is 0 Å². The molecule has 1 spiro atoms. The van der Waals surface area contributed by atoms with Gasteiger partial charge in [-0.25, -0.2) is 23.5 Å². The second-order valence-electron chi connectivity index (χ2n) is 10.3. The first-order valence-electron chi connectivity index (χ1n) is 11.5. The highest BCUT2D eigenvalue weighted by Crippen LogP contribution is 2.50. The van der Waals surface area contributed by atoms with E-state index in [9.17, 15) is 18.8 Å². The standard InChI is InChI=1S/C26H24F2N4O4/c1-25(2,3)36-24(33)32-12-26(13-32)9-16(10-26)35-23-17-8-15(4-7-21(17)30-14-31-23)34-22-18(11-29)19(27)5-6-20(22)28/h4-8,14,16H,9-10,12-13H2,1-3H3. The van der Waals surface area contributed by atoms with Gasteiger partial charge in [-0.15, -0.1) is 0 Å². The molecule has 2 aromatic carbocycles. The van der Waals surface area contributed by atoms with Gasteiger partial charge in [0.1, 0.15) is 41.2 Å². The zero-order valence-corrected chi connectivity index (χ0v) is 20.0. The van der Waals surface area contributed by atoms with Crippen molar-refractivity contribution in [3.63, 3.8) is 0 Å². The lowest BCUT2D eigenvalue weighted by Crippen LogP contribution is -2.66. The van der Waals surface area contributed by atoms with Gasteiger partial charge in [-0.05, 0) is 63.9 Å². The van der Waals surface area contributed by atoms with E-state index in [0.29, 0.717) is 29.9 Å². The number of nitrogens with zero attached hydrogens (tertiary/aromatic N) is 4. The van der Waals surface area contributed by atoms with E-state index in [1.54, 1.807) is 29.2 Å². The largest absolute Gasteiger partial charge is 0.474 e. The molecular weight excluding hydrogens is 470 g/mol. The lowest BCUT2D eigenvalue weighted by molar-refractivity contribution is -0.117. The van der Waals surface area contributed by atoms with Gasteiger partial charge in [-0.1, -0.05) is 0 Å². The van der Waals surface area contributed by atoms with Gasteiger partial charge in [-0.3, -0.25) is 0 Å². The Morgan fingerprint density at radius 1 is 1.14 bits per heavy atom. The fourth-order valence-electron chi connectivity index (χ4n) is 4.65. The molecule has 0 N–H and O–H groups in total. The summed E-state index contributed by atoms with van der Waals surface area (Å²) in [5, 5.41) is 9.75. The summed E-state index contributed by atoms with van der Waals surface area (Å²) in [6.07, 6.45) is 2.54. The maximum atomic E-state index is 14.3. The second-order valence-corrected chi connectivity index (χ2v) is 10.3. The monoisotopic (exact) mass is 494 g/mol. The molecule has 1 aliphatic carbocycles. The predicted octanol–water partition coefficient (Wildman–Crippen LogP) is 5.35. The van der Waals surface area contributed by atoms with Crippen LogP contribution in [0.3, 0.4) is 0 Å². The SMILES string of the molecule is CC(C)(C)OC(=O)N1CC2(CC(Oc3ncnc4ccc(Oc5c(F)ccc(F)c5C#N)cc34)C2)C1. The molecule has 8 nitrogen and oxygen atoms in total. The van der Waals surface area contributed by atoms with Crippen LogP contribution in [0, 0.1) is 28.4 Å². The Bertz CT molecular complexity index is 1390. The molecule has 3 aromatic rings. The first-order chi connectivity index (χ1) is 17.1. The quantitative estimate of drug-likeness (QED) is 0.482. The van der Waals surface area contributed by atoms with Crippen LogP contribution in [0.1, 0.15) is 39.2 Å². The van der Waals surface area contributed by atoms with Gasteiger partial charge in [0.05, 0.1) is 10.9 Å². The average Bonchev–Trinajstić information content (AvgIpc) is 2.76. The van der Waals surface area contributed by atoms with Crippen molar-refractivity contribution in [2.45, 2.75) is 45.3 Å². The molecule has 1 saturated heterocycles. The lowest BCUT2D eigenvalue weighted by Gasteiger charge is -2.57. The summed E-state index contributed by atoms with van der Waals surface area (Å²) in [6.45, 7) is 6.78. The van der Waals surface area contributed by atoms with Gasteiger partial charge in [0.25, 0.3) is 0 Å². The van der Waals surface area contributed by atoms with E-state index >= 15 is 0 Å². The number of hydrogen-bond donors (Lipinski definition) is 0. The Balaban J connectivity index is 1.28. The Hall–Kier alpha value is -4.00. The van der Waals surface area contributed by atoms with Crippen molar-refractivity contribution in [1.29, 1.82) is 5.26 Å². The first kappa shape index (κ1) is 23.7. The second kappa shape index (κ2) is 8.59. The molecule has 36 heavy (non-hydrogen) atoms. The number of fused-ring (bicyclic) bond motifs is 1. The van der Waals surface area contributed by atoms with Crippen LogP contribution in [-0.2, 0) is 4.74 Å². The Kier molecular flexibility index (Phi) is 5.66. The number of rotatable bonds is 4. The van der Waals surface area contributed by atoms with Gasteiger partial charge in [-0.2, -0.15) is 5.26 Å². The molecule has 2 aliphatic rings. The molecule has 2 fully saturated rings. The highest BCUT2D eigenvalue weighted by molar-refractivity contribution is 5.84. The van der Waals surface area contributed by atoms with Crippen LogP contribution in [0.15, 0.2) is 36.7 Å². The maximum absolute atomic E-state index is 14.3. The lowest BCUT2D eigenvalue weighted by atomic mass is 9.62. The highest BCUT2D eigenvalue weighted by Gasteiger charge is 2.55. The third-order valence-corrected chi connectivity index (χ3v) is 6.26. The summed E-state index contributed by atoms with van der Waals surface area (Å²) in [6, 6.07) is 8.17. The highest BCUT2D eigenvalue weighted by atomic mass is 19.1. The summed E-state index contributed by atoms with van der Waals surface area (Å²) in [5.74, 6) is -1.69. The number of carbonyl (C=O) groups excluding carboxylic acids is 1. The predicted molar refractivity (Wildman–Crippen MR) is 125 cm³/mol. The molecule has 1 aromatic heterocycles. The van der Waals surface area contributed by atoms with Crippen molar-refractivity contribution in [3.05, 3.63) is 53.9 Å². The zero-order valence-electron chi connectivity index (χ0n) is 20.0. The topological polar surface area (TPSA) is 97.6 Å². The fourth-order valence-corrected chi connectivity index (χ4v) is 4.65. The van der Waals surface area contributed by atoms with Crippen molar-refractivity contribution in [2.75, 3.05) is 13.1 Å². The van der Waals surface area contributed by atoms with Crippen LogP contribution in [0.4, 0.5) is 13.6 Å². The minimum atomic E-state index is -0.873. The molecule has 0 bridgehead atoms. The van der Waals surface area contributed by atoms with Crippen LogP contribution in [-0.4, -0.2) is 45.8 Å².